The molecule has 0 aliphatic heterocycles. The highest BCUT2D eigenvalue weighted by Gasteiger charge is 2.24. The molecule has 0 aliphatic rings. The number of aromatic nitrogens is 1. The zero-order chi connectivity index (χ0) is 13.9. The molecular weight excluding hydrogens is 254 g/mol. The van der Waals surface area contributed by atoms with Gasteiger partial charge in [-0.05, 0) is 0 Å². The van der Waals surface area contributed by atoms with Crippen LogP contribution in [0.15, 0.2) is 10.9 Å². The number of nitro groups is 1. The van der Waals surface area contributed by atoms with E-state index in [1.54, 1.807) is 4.98 Å². The van der Waals surface area contributed by atoms with Gasteiger partial charge in [0.15, 0.2) is 0 Å². The summed E-state index contributed by atoms with van der Waals surface area (Å²) in [5.74, 6) is -0.881. The predicted octanol–water partition coefficient (Wildman–Crippen LogP) is 0.936. The van der Waals surface area contributed by atoms with E-state index < -0.39 is 46.2 Å². The highest BCUT2D eigenvalue weighted by atomic mass is 19.3. The number of rotatable bonds is 4. The fourth-order valence-electron chi connectivity index (χ4n) is 1.26. The molecule has 98 valence electrons. The van der Waals surface area contributed by atoms with Gasteiger partial charge in [0, 0.05) is 6.07 Å². The van der Waals surface area contributed by atoms with Crippen LogP contribution in [0.2, 0.25) is 0 Å². The summed E-state index contributed by atoms with van der Waals surface area (Å²) >= 11 is 0. The minimum Gasteiger partial charge on any atom is -0.469 e. The van der Waals surface area contributed by atoms with Crippen molar-refractivity contribution in [2.45, 2.75) is 12.8 Å². The monoisotopic (exact) mass is 262 g/mol. The first-order valence-corrected chi connectivity index (χ1v) is 4.62. The summed E-state index contributed by atoms with van der Waals surface area (Å²) in [7, 11) is 1.04. The molecule has 0 unspecified atom stereocenters. The molecule has 0 aromatic carbocycles. The highest BCUT2D eigenvalue weighted by Crippen LogP contribution is 2.22. The maximum absolute atomic E-state index is 12.4. The molecule has 18 heavy (non-hydrogen) atoms. The minimum atomic E-state index is -3.05. The number of methoxy groups -OCH3 is 1. The largest absolute Gasteiger partial charge is 0.469 e. The van der Waals surface area contributed by atoms with Crippen molar-refractivity contribution in [3.8, 4) is 0 Å². The minimum absolute atomic E-state index is 0.517. The Morgan fingerprint density at radius 2 is 2.22 bits per heavy atom. The van der Waals surface area contributed by atoms with Crippen molar-refractivity contribution in [1.82, 2.24) is 4.98 Å². The van der Waals surface area contributed by atoms with Crippen molar-refractivity contribution in [3.63, 3.8) is 0 Å². The molecule has 1 aromatic rings. The SMILES string of the molecule is COC(=O)Cc1c([N+](=O)[O-])cc(C(F)F)[nH]c1=O. The van der Waals surface area contributed by atoms with Crippen molar-refractivity contribution in [2.24, 2.45) is 0 Å². The first-order valence-electron chi connectivity index (χ1n) is 4.62. The molecule has 0 radical (unpaired) electrons. The number of pyridine rings is 1. The summed E-state index contributed by atoms with van der Waals surface area (Å²) < 4.78 is 29.0. The fourth-order valence-corrected chi connectivity index (χ4v) is 1.26. The number of H-pyrrole nitrogens is 1. The van der Waals surface area contributed by atoms with Crippen LogP contribution in [0.3, 0.4) is 0 Å². The summed E-state index contributed by atoms with van der Waals surface area (Å²) in [6.07, 6.45) is -3.71. The third kappa shape index (κ3) is 2.87. The lowest BCUT2D eigenvalue weighted by Crippen LogP contribution is -2.21. The van der Waals surface area contributed by atoms with Crippen LogP contribution in [0.25, 0.3) is 0 Å². The third-order valence-electron chi connectivity index (χ3n) is 2.11. The van der Waals surface area contributed by atoms with E-state index in [9.17, 15) is 28.5 Å². The molecule has 0 aliphatic carbocycles. The molecule has 0 bridgehead atoms. The van der Waals surface area contributed by atoms with E-state index in [-0.39, 0.29) is 0 Å². The zero-order valence-corrected chi connectivity index (χ0v) is 9.11. The Morgan fingerprint density at radius 3 is 2.67 bits per heavy atom. The second-order valence-corrected chi connectivity index (χ2v) is 3.23. The van der Waals surface area contributed by atoms with Gasteiger partial charge in [-0.2, -0.15) is 0 Å². The summed E-state index contributed by atoms with van der Waals surface area (Å²) in [6, 6.07) is 0.532. The summed E-state index contributed by atoms with van der Waals surface area (Å²) in [5.41, 5.74) is -3.33. The Labute approximate surface area is 98.5 Å². The van der Waals surface area contributed by atoms with Crippen LogP contribution in [-0.2, 0) is 16.0 Å². The van der Waals surface area contributed by atoms with Gasteiger partial charge in [0.2, 0.25) is 0 Å². The lowest BCUT2D eigenvalue weighted by Gasteiger charge is -2.04. The van der Waals surface area contributed by atoms with Gasteiger partial charge < -0.3 is 9.72 Å². The lowest BCUT2D eigenvalue weighted by atomic mass is 10.1. The number of aromatic amines is 1. The van der Waals surface area contributed by atoms with E-state index in [4.69, 9.17) is 0 Å². The molecule has 1 N–H and O–H groups in total. The first-order chi connectivity index (χ1) is 8.36. The van der Waals surface area contributed by atoms with Crippen LogP contribution < -0.4 is 5.56 Å². The maximum atomic E-state index is 12.4. The smallest absolute Gasteiger partial charge is 0.310 e. The van der Waals surface area contributed by atoms with Crippen molar-refractivity contribution in [2.75, 3.05) is 7.11 Å². The predicted molar refractivity (Wildman–Crippen MR) is 54.4 cm³/mol. The van der Waals surface area contributed by atoms with E-state index in [1.165, 1.54) is 0 Å². The van der Waals surface area contributed by atoms with Crippen LogP contribution in [0.4, 0.5) is 14.5 Å². The molecule has 0 fully saturated rings. The van der Waals surface area contributed by atoms with Crippen LogP contribution in [0, 0.1) is 10.1 Å². The van der Waals surface area contributed by atoms with Crippen molar-refractivity contribution in [3.05, 3.63) is 37.8 Å². The molecule has 0 saturated carbocycles. The molecule has 9 heteroatoms. The molecule has 7 nitrogen and oxygen atoms in total. The molecule has 1 rings (SSSR count). The average Bonchev–Trinajstić information content (AvgIpc) is 2.30. The van der Waals surface area contributed by atoms with E-state index in [0.29, 0.717) is 6.07 Å². The summed E-state index contributed by atoms with van der Waals surface area (Å²) in [4.78, 5) is 33.9. The van der Waals surface area contributed by atoms with Gasteiger partial charge in [-0.25, -0.2) is 8.78 Å². The Kier molecular flexibility index (Phi) is 4.08. The van der Waals surface area contributed by atoms with Crippen LogP contribution >= 0.6 is 0 Å². The number of alkyl halides is 2. The molecule has 0 spiro atoms. The molecule has 0 amide bonds. The van der Waals surface area contributed by atoms with E-state index in [0.717, 1.165) is 7.11 Å². The van der Waals surface area contributed by atoms with E-state index >= 15 is 0 Å². The van der Waals surface area contributed by atoms with Crippen molar-refractivity contribution >= 4 is 11.7 Å². The Morgan fingerprint density at radius 1 is 1.61 bits per heavy atom. The standard InChI is InChI=1S/C9H8F2N2O5/c1-18-7(14)2-4-6(13(16)17)3-5(8(10)11)12-9(4)15/h3,8H,2H2,1H3,(H,12,15). The van der Waals surface area contributed by atoms with Gasteiger partial charge in [0.25, 0.3) is 17.7 Å². The molecule has 0 saturated heterocycles. The van der Waals surface area contributed by atoms with Gasteiger partial charge in [-0.3, -0.25) is 19.7 Å². The number of esters is 1. The molecule has 1 heterocycles. The second-order valence-electron chi connectivity index (χ2n) is 3.23. The van der Waals surface area contributed by atoms with E-state index in [2.05, 4.69) is 4.74 Å². The molecule has 1 aromatic heterocycles. The zero-order valence-electron chi connectivity index (χ0n) is 9.11. The quantitative estimate of drug-likeness (QED) is 0.494. The number of nitrogens with zero attached hydrogens (tertiary/aromatic N) is 1. The fraction of sp³-hybridized carbons (Fsp3) is 0.333. The first kappa shape index (κ1) is 13.7. The Bertz CT molecular complexity index is 540. The number of halogens is 2. The Hall–Kier alpha value is -2.32. The van der Waals surface area contributed by atoms with Crippen LogP contribution in [0.5, 0.6) is 0 Å². The van der Waals surface area contributed by atoms with Gasteiger partial charge >= 0.3 is 5.97 Å². The van der Waals surface area contributed by atoms with Crippen molar-refractivity contribution in [1.29, 1.82) is 0 Å². The Balaban J connectivity index is 3.37. The van der Waals surface area contributed by atoms with Crippen LogP contribution in [-0.4, -0.2) is 23.0 Å². The van der Waals surface area contributed by atoms with Crippen LogP contribution in [0.1, 0.15) is 17.7 Å². The second kappa shape index (κ2) is 5.34. The number of nitrogens with one attached hydrogen (secondary N) is 1. The third-order valence-corrected chi connectivity index (χ3v) is 2.11. The number of carbonyl (C=O) groups excluding carboxylic acids is 1. The van der Waals surface area contributed by atoms with E-state index in [1.807, 2.05) is 0 Å². The van der Waals surface area contributed by atoms with Gasteiger partial charge in [0.1, 0.15) is 5.56 Å². The average molecular weight is 262 g/mol. The maximum Gasteiger partial charge on any atom is 0.310 e. The summed E-state index contributed by atoms with van der Waals surface area (Å²) in [6.45, 7) is 0. The number of hydrogen-bond acceptors (Lipinski definition) is 5. The van der Waals surface area contributed by atoms with Gasteiger partial charge in [-0.1, -0.05) is 0 Å². The highest BCUT2D eigenvalue weighted by molar-refractivity contribution is 5.73. The number of carbonyl (C=O) groups is 1. The molecule has 0 atom stereocenters. The molecular formula is C9H8F2N2O5. The lowest BCUT2D eigenvalue weighted by molar-refractivity contribution is -0.385. The van der Waals surface area contributed by atoms with Crippen molar-refractivity contribution < 1.29 is 23.2 Å². The topological polar surface area (TPSA) is 102 Å². The normalized spacial score (nSPS) is 10.4. The summed E-state index contributed by atoms with van der Waals surface area (Å²) in [5, 5.41) is 10.7. The van der Waals surface area contributed by atoms with Gasteiger partial charge in [0.05, 0.1) is 24.1 Å². The number of hydrogen-bond donors (Lipinski definition) is 1. The number of ether oxygens (including phenoxy) is 1. The van der Waals surface area contributed by atoms with Gasteiger partial charge in [-0.15, -0.1) is 0 Å².